The lowest BCUT2D eigenvalue weighted by Crippen LogP contribution is -2.06. The lowest BCUT2D eigenvalue weighted by Gasteiger charge is -2.01. The average Bonchev–Trinajstić information content (AvgIpc) is 3.26. The molecule has 0 aliphatic carbocycles. The molecule has 5 nitrogen and oxygen atoms in total. The van der Waals surface area contributed by atoms with Crippen LogP contribution in [0.4, 0.5) is 5.69 Å². The van der Waals surface area contributed by atoms with Gasteiger partial charge in [-0.25, -0.2) is 0 Å². The van der Waals surface area contributed by atoms with Crippen LogP contribution in [0.3, 0.4) is 0 Å². The minimum absolute atomic E-state index is 0.150. The molecule has 5 rings (SSSR count). The highest BCUT2D eigenvalue weighted by molar-refractivity contribution is 5.94. The Morgan fingerprint density at radius 1 is 1.00 bits per heavy atom. The van der Waals surface area contributed by atoms with Crippen molar-refractivity contribution in [3.8, 4) is 17.0 Å². The number of H-pyrrole nitrogens is 1. The van der Waals surface area contributed by atoms with E-state index >= 15 is 0 Å². The van der Waals surface area contributed by atoms with Crippen molar-refractivity contribution in [3.63, 3.8) is 0 Å². The van der Waals surface area contributed by atoms with E-state index in [9.17, 15) is 5.11 Å². The Kier molecular flexibility index (Phi) is 3.18. The summed E-state index contributed by atoms with van der Waals surface area (Å²) < 4.78 is 0. The lowest BCUT2D eigenvalue weighted by atomic mass is 10.0. The van der Waals surface area contributed by atoms with E-state index in [0.717, 1.165) is 43.7 Å². The summed E-state index contributed by atoms with van der Waals surface area (Å²) in [7, 11) is 0. The first-order valence-electron chi connectivity index (χ1n) is 8.26. The quantitative estimate of drug-likeness (QED) is 0.586. The molecule has 0 unspecified atom stereocenters. The third-order valence-corrected chi connectivity index (χ3v) is 4.54. The lowest BCUT2D eigenvalue weighted by molar-refractivity contribution is 0.457. The molecule has 124 valence electrons. The number of azo groups is 1. The maximum absolute atomic E-state index is 10.4. The molecule has 1 aliphatic rings. The number of nitrogens with zero attached hydrogens (tertiary/aromatic N) is 3. The topological polar surface area (TPSA) is 73.6 Å². The van der Waals surface area contributed by atoms with Crippen molar-refractivity contribution in [1.29, 1.82) is 0 Å². The van der Waals surface area contributed by atoms with Crippen LogP contribution in [0.5, 0.6) is 5.88 Å². The second kappa shape index (κ2) is 5.67. The number of aromatic hydroxyl groups is 1. The van der Waals surface area contributed by atoms with E-state index in [1.807, 2.05) is 60.8 Å². The van der Waals surface area contributed by atoms with Crippen LogP contribution in [0.15, 0.2) is 71.2 Å². The fourth-order valence-electron chi connectivity index (χ4n) is 3.23. The SMILES string of the molecule is Oc1[nH]c2cc(-c3cccnc3)ccc2c1C=c1ccc2c(c1)N=NC=2. The fraction of sp³-hybridized carbons (Fsp3) is 0. The van der Waals surface area contributed by atoms with Gasteiger partial charge in [-0.05, 0) is 35.1 Å². The number of benzene rings is 2. The molecule has 2 aromatic heterocycles. The maximum atomic E-state index is 10.4. The molecule has 4 aromatic rings. The Labute approximate surface area is 148 Å². The zero-order valence-electron chi connectivity index (χ0n) is 13.7. The van der Waals surface area contributed by atoms with Crippen LogP contribution in [-0.2, 0) is 0 Å². The summed E-state index contributed by atoms with van der Waals surface area (Å²) in [5.41, 5.74) is 4.57. The number of hydrogen-bond acceptors (Lipinski definition) is 4. The van der Waals surface area contributed by atoms with Crippen molar-refractivity contribution in [1.82, 2.24) is 9.97 Å². The number of aromatic amines is 1. The van der Waals surface area contributed by atoms with Gasteiger partial charge in [0.1, 0.15) is 0 Å². The second-order valence-corrected chi connectivity index (χ2v) is 6.20. The third-order valence-electron chi connectivity index (χ3n) is 4.54. The molecule has 2 N–H and O–H groups in total. The van der Waals surface area contributed by atoms with Crippen LogP contribution in [0, 0.1) is 0 Å². The molecule has 3 heterocycles. The first-order chi connectivity index (χ1) is 12.8. The maximum Gasteiger partial charge on any atom is 0.196 e. The molecule has 5 heteroatoms. The first-order valence-corrected chi connectivity index (χ1v) is 8.26. The number of nitrogens with one attached hydrogen (secondary N) is 1. The molecule has 0 saturated heterocycles. The Hall–Kier alpha value is -3.73. The van der Waals surface area contributed by atoms with Gasteiger partial charge in [-0.15, -0.1) is 0 Å². The van der Waals surface area contributed by atoms with Crippen LogP contribution in [0.25, 0.3) is 34.3 Å². The minimum atomic E-state index is 0.150. The first kappa shape index (κ1) is 14.6. The van der Waals surface area contributed by atoms with E-state index in [4.69, 9.17) is 0 Å². The smallest absolute Gasteiger partial charge is 0.196 e. The number of rotatable bonds is 2. The minimum Gasteiger partial charge on any atom is -0.494 e. The van der Waals surface area contributed by atoms with Gasteiger partial charge in [0.25, 0.3) is 0 Å². The van der Waals surface area contributed by atoms with Crippen LogP contribution >= 0.6 is 0 Å². The summed E-state index contributed by atoms with van der Waals surface area (Å²) in [5, 5.41) is 21.3. The van der Waals surface area contributed by atoms with Crippen molar-refractivity contribution < 1.29 is 5.11 Å². The standard InChI is InChI=1S/C21H14N4O/c26-21-18(8-13-3-4-16-12-23-25-19(16)9-13)17-6-5-14(10-20(17)24-21)15-2-1-7-22-11-15/h1-12,24,26H. The van der Waals surface area contributed by atoms with Crippen molar-refractivity contribution in [3.05, 3.63) is 76.9 Å². The molecule has 1 aliphatic heterocycles. The van der Waals surface area contributed by atoms with Gasteiger partial charge in [-0.3, -0.25) is 4.98 Å². The Bertz CT molecular complexity index is 1290. The van der Waals surface area contributed by atoms with E-state index in [2.05, 4.69) is 20.2 Å². The monoisotopic (exact) mass is 338 g/mol. The molecule has 0 atom stereocenters. The molecular formula is C21H14N4O. The van der Waals surface area contributed by atoms with Gasteiger partial charge in [0.15, 0.2) is 5.88 Å². The predicted molar refractivity (Wildman–Crippen MR) is 101 cm³/mol. The van der Waals surface area contributed by atoms with Crippen molar-refractivity contribution >= 4 is 28.9 Å². The van der Waals surface area contributed by atoms with E-state index in [-0.39, 0.29) is 5.88 Å². The molecule has 0 amide bonds. The number of aromatic nitrogens is 2. The Morgan fingerprint density at radius 2 is 1.96 bits per heavy atom. The van der Waals surface area contributed by atoms with Crippen molar-refractivity contribution in [2.75, 3.05) is 0 Å². The molecule has 0 bridgehead atoms. The van der Waals surface area contributed by atoms with Gasteiger partial charge in [-0.2, -0.15) is 10.2 Å². The van der Waals surface area contributed by atoms with Crippen LogP contribution in [-0.4, -0.2) is 15.1 Å². The van der Waals surface area contributed by atoms with Crippen LogP contribution in [0.1, 0.15) is 5.56 Å². The molecular weight excluding hydrogens is 324 g/mol. The second-order valence-electron chi connectivity index (χ2n) is 6.20. The summed E-state index contributed by atoms with van der Waals surface area (Å²) >= 11 is 0. The summed E-state index contributed by atoms with van der Waals surface area (Å²) in [6.07, 6.45) is 7.27. The van der Waals surface area contributed by atoms with Gasteiger partial charge >= 0.3 is 0 Å². The summed E-state index contributed by atoms with van der Waals surface area (Å²) in [4.78, 5) is 7.23. The summed E-state index contributed by atoms with van der Waals surface area (Å²) in [5.74, 6) is 0.150. The molecule has 0 spiro atoms. The van der Waals surface area contributed by atoms with Gasteiger partial charge in [0.2, 0.25) is 0 Å². The highest BCUT2D eigenvalue weighted by Crippen LogP contribution is 2.31. The van der Waals surface area contributed by atoms with Crippen molar-refractivity contribution in [2.45, 2.75) is 0 Å². The Balaban J connectivity index is 1.65. The zero-order chi connectivity index (χ0) is 17.5. The third kappa shape index (κ3) is 2.38. The molecule has 0 saturated carbocycles. The Morgan fingerprint density at radius 3 is 2.85 bits per heavy atom. The van der Waals surface area contributed by atoms with Crippen molar-refractivity contribution in [2.24, 2.45) is 10.2 Å². The molecule has 0 fully saturated rings. The molecule has 2 aromatic carbocycles. The molecule has 0 radical (unpaired) electrons. The van der Waals surface area contributed by atoms with Crippen LogP contribution in [0.2, 0.25) is 0 Å². The largest absolute Gasteiger partial charge is 0.494 e. The van der Waals surface area contributed by atoms with Gasteiger partial charge < -0.3 is 10.1 Å². The molecule has 26 heavy (non-hydrogen) atoms. The normalized spacial score (nSPS) is 13.2. The number of hydrogen-bond donors (Lipinski definition) is 2. The van der Waals surface area contributed by atoms with E-state index in [1.165, 1.54) is 0 Å². The van der Waals surface area contributed by atoms with E-state index in [1.54, 1.807) is 12.4 Å². The number of pyridine rings is 1. The highest BCUT2D eigenvalue weighted by Gasteiger charge is 2.10. The predicted octanol–water partition coefficient (Wildman–Crippen LogP) is 3.60. The zero-order valence-corrected chi connectivity index (χ0v) is 13.7. The van der Waals surface area contributed by atoms with Gasteiger partial charge in [-0.1, -0.05) is 30.3 Å². The van der Waals surface area contributed by atoms with Crippen LogP contribution < -0.4 is 10.4 Å². The van der Waals surface area contributed by atoms with E-state index in [0.29, 0.717) is 0 Å². The summed E-state index contributed by atoms with van der Waals surface area (Å²) in [6.45, 7) is 0. The fourth-order valence-corrected chi connectivity index (χ4v) is 3.23. The van der Waals surface area contributed by atoms with E-state index < -0.39 is 0 Å². The van der Waals surface area contributed by atoms with Gasteiger partial charge in [0, 0.05) is 39.6 Å². The summed E-state index contributed by atoms with van der Waals surface area (Å²) in [6, 6.07) is 15.9. The van der Waals surface area contributed by atoms with Gasteiger partial charge in [0.05, 0.1) is 11.9 Å². The average molecular weight is 338 g/mol. The number of fused-ring (bicyclic) bond motifs is 2. The highest BCUT2D eigenvalue weighted by atomic mass is 16.3.